The molecule has 0 unspecified atom stereocenters. The molecule has 2 amide bonds. The highest BCUT2D eigenvalue weighted by Gasteiger charge is 2.17. The summed E-state index contributed by atoms with van der Waals surface area (Å²) in [4.78, 5) is 18.3. The van der Waals surface area contributed by atoms with Gasteiger partial charge in [0.15, 0.2) is 5.96 Å². The highest BCUT2D eigenvalue weighted by Crippen LogP contribution is 2.14. The zero-order chi connectivity index (χ0) is 20.0. The third kappa shape index (κ3) is 8.14. The molecule has 0 aliphatic carbocycles. The van der Waals surface area contributed by atoms with Crippen molar-refractivity contribution in [3.63, 3.8) is 0 Å². The predicted molar refractivity (Wildman–Crippen MR) is 112 cm³/mol. The van der Waals surface area contributed by atoms with Gasteiger partial charge in [0.05, 0.1) is 13.2 Å². The second-order valence-electron chi connectivity index (χ2n) is 6.64. The largest absolute Gasteiger partial charge is 0.382 e. The molecule has 1 fully saturated rings. The number of ether oxygens (including phenoxy) is 2. The van der Waals surface area contributed by atoms with Crippen LogP contribution in [-0.4, -0.2) is 70.5 Å². The number of aliphatic imine (C=N–C) groups is 1. The molecule has 3 N–H and O–H groups in total. The number of carbonyl (C=O) groups is 1. The Labute approximate surface area is 167 Å². The van der Waals surface area contributed by atoms with Crippen LogP contribution < -0.4 is 16.0 Å². The zero-order valence-corrected chi connectivity index (χ0v) is 17.0. The van der Waals surface area contributed by atoms with Gasteiger partial charge in [0, 0.05) is 52.6 Å². The van der Waals surface area contributed by atoms with E-state index < -0.39 is 0 Å². The Hall–Kier alpha value is -2.32. The van der Waals surface area contributed by atoms with E-state index in [1.807, 2.05) is 29.2 Å². The highest BCUT2D eigenvalue weighted by molar-refractivity contribution is 5.89. The van der Waals surface area contributed by atoms with Crippen LogP contribution in [0.4, 0.5) is 10.5 Å². The van der Waals surface area contributed by atoms with Crippen LogP contribution >= 0.6 is 0 Å². The lowest BCUT2D eigenvalue weighted by molar-refractivity contribution is 0.0698. The predicted octanol–water partition coefficient (Wildman–Crippen LogP) is 2.03. The van der Waals surface area contributed by atoms with Gasteiger partial charge in [0.25, 0.3) is 0 Å². The van der Waals surface area contributed by atoms with Crippen LogP contribution in [0.25, 0.3) is 0 Å². The molecule has 1 aromatic carbocycles. The molecular weight excluding hydrogens is 358 g/mol. The summed E-state index contributed by atoms with van der Waals surface area (Å²) in [5, 5.41) is 9.53. The minimum absolute atomic E-state index is 0.0206. The van der Waals surface area contributed by atoms with Crippen LogP contribution in [0.3, 0.4) is 0 Å². The topological polar surface area (TPSA) is 87.2 Å². The summed E-state index contributed by atoms with van der Waals surface area (Å²) >= 11 is 0. The van der Waals surface area contributed by atoms with E-state index in [9.17, 15) is 4.79 Å². The van der Waals surface area contributed by atoms with E-state index >= 15 is 0 Å². The molecular formula is C20H33N5O3. The molecule has 1 saturated heterocycles. The van der Waals surface area contributed by atoms with E-state index in [4.69, 9.17) is 9.47 Å². The van der Waals surface area contributed by atoms with Crippen LogP contribution in [-0.2, 0) is 16.0 Å². The van der Waals surface area contributed by atoms with Gasteiger partial charge in [0.1, 0.15) is 0 Å². The first-order valence-corrected chi connectivity index (χ1v) is 9.89. The van der Waals surface area contributed by atoms with Crippen molar-refractivity contribution >= 4 is 17.7 Å². The maximum absolute atomic E-state index is 12.2. The number of urea groups is 1. The van der Waals surface area contributed by atoms with Crippen molar-refractivity contribution in [2.24, 2.45) is 4.99 Å². The first kappa shape index (κ1) is 22.0. The lowest BCUT2D eigenvalue weighted by atomic mass is 10.2. The number of hydrogen-bond acceptors (Lipinski definition) is 4. The molecule has 0 aromatic heterocycles. The van der Waals surface area contributed by atoms with Crippen molar-refractivity contribution in [3.8, 4) is 0 Å². The zero-order valence-electron chi connectivity index (χ0n) is 17.0. The van der Waals surface area contributed by atoms with Gasteiger partial charge in [-0.15, -0.1) is 0 Å². The number of rotatable bonds is 10. The molecule has 1 aliphatic rings. The summed E-state index contributed by atoms with van der Waals surface area (Å²) in [6.45, 7) is 5.00. The average Bonchev–Trinajstić information content (AvgIpc) is 3.25. The van der Waals surface area contributed by atoms with Gasteiger partial charge in [-0.05, 0) is 37.0 Å². The Kier molecular flexibility index (Phi) is 10.2. The van der Waals surface area contributed by atoms with Crippen molar-refractivity contribution in [2.45, 2.75) is 25.8 Å². The summed E-state index contributed by atoms with van der Waals surface area (Å²) in [6.07, 6.45) is 3.06. The van der Waals surface area contributed by atoms with E-state index in [-0.39, 0.29) is 6.03 Å². The maximum atomic E-state index is 12.2. The van der Waals surface area contributed by atoms with Gasteiger partial charge in [-0.3, -0.25) is 4.99 Å². The standard InChI is InChI=1S/C20H33N5O3/c1-21-19(22-9-6-12-28-14-13-27-2)23-16-17-7-5-8-18(15-17)24-20(26)25-10-3-4-11-25/h5,7-8,15H,3-4,6,9-14,16H2,1-2H3,(H,24,26)(H2,21,22,23). The number of likely N-dealkylation sites (tertiary alicyclic amines) is 1. The minimum atomic E-state index is -0.0206. The summed E-state index contributed by atoms with van der Waals surface area (Å²) in [6, 6.07) is 7.85. The molecule has 0 spiro atoms. The molecule has 0 bridgehead atoms. The van der Waals surface area contributed by atoms with Crippen molar-refractivity contribution in [2.75, 3.05) is 58.9 Å². The molecule has 8 heteroatoms. The van der Waals surface area contributed by atoms with E-state index in [1.54, 1.807) is 14.2 Å². The number of methoxy groups -OCH3 is 1. The van der Waals surface area contributed by atoms with E-state index in [0.29, 0.717) is 26.4 Å². The molecule has 156 valence electrons. The smallest absolute Gasteiger partial charge is 0.321 e. The van der Waals surface area contributed by atoms with Crippen LogP contribution in [0, 0.1) is 0 Å². The fraction of sp³-hybridized carbons (Fsp3) is 0.600. The number of carbonyl (C=O) groups excluding carboxylic acids is 1. The van der Waals surface area contributed by atoms with Crippen molar-refractivity contribution in [1.82, 2.24) is 15.5 Å². The van der Waals surface area contributed by atoms with E-state index in [0.717, 1.165) is 56.1 Å². The number of hydrogen-bond donors (Lipinski definition) is 3. The maximum Gasteiger partial charge on any atom is 0.321 e. The van der Waals surface area contributed by atoms with Gasteiger partial charge < -0.3 is 30.3 Å². The normalized spacial score (nSPS) is 14.2. The van der Waals surface area contributed by atoms with Crippen LogP contribution in [0.15, 0.2) is 29.3 Å². The van der Waals surface area contributed by atoms with E-state index in [1.165, 1.54) is 0 Å². The third-order valence-electron chi connectivity index (χ3n) is 4.44. The van der Waals surface area contributed by atoms with Gasteiger partial charge in [-0.1, -0.05) is 12.1 Å². The molecule has 0 atom stereocenters. The summed E-state index contributed by atoms with van der Waals surface area (Å²) in [5.74, 6) is 0.739. The molecule has 1 aromatic rings. The minimum Gasteiger partial charge on any atom is -0.382 e. The number of nitrogens with zero attached hydrogens (tertiary/aromatic N) is 2. The molecule has 1 aliphatic heterocycles. The fourth-order valence-corrected chi connectivity index (χ4v) is 2.91. The molecule has 2 rings (SSSR count). The fourth-order valence-electron chi connectivity index (χ4n) is 2.91. The monoisotopic (exact) mass is 391 g/mol. The second-order valence-corrected chi connectivity index (χ2v) is 6.64. The number of nitrogens with one attached hydrogen (secondary N) is 3. The Morgan fingerprint density at radius 3 is 2.75 bits per heavy atom. The lowest BCUT2D eigenvalue weighted by Gasteiger charge is -2.17. The summed E-state index contributed by atoms with van der Waals surface area (Å²) in [5.41, 5.74) is 1.89. The Bertz CT molecular complexity index is 618. The lowest BCUT2D eigenvalue weighted by Crippen LogP contribution is -2.37. The summed E-state index contributed by atoms with van der Waals surface area (Å²) < 4.78 is 10.4. The van der Waals surface area contributed by atoms with Gasteiger partial charge in [0.2, 0.25) is 0 Å². The van der Waals surface area contributed by atoms with Gasteiger partial charge in [-0.2, -0.15) is 0 Å². The molecule has 8 nitrogen and oxygen atoms in total. The van der Waals surface area contributed by atoms with Gasteiger partial charge >= 0.3 is 6.03 Å². The SMILES string of the molecule is CN=C(NCCCOCCOC)NCc1cccc(NC(=O)N2CCCC2)c1. The number of guanidine groups is 1. The van der Waals surface area contributed by atoms with Crippen molar-refractivity contribution in [1.29, 1.82) is 0 Å². The quantitative estimate of drug-likeness (QED) is 0.323. The first-order valence-electron chi connectivity index (χ1n) is 9.89. The van der Waals surface area contributed by atoms with Crippen molar-refractivity contribution in [3.05, 3.63) is 29.8 Å². The third-order valence-corrected chi connectivity index (χ3v) is 4.44. The summed E-state index contributed by atoms with van der Waals surface area (Å²) in [7, 11) is 3.41. The molecule has 28 heavy (non-hydrogen) atoms. The molecule has 0 saturated carbocycles. The Morgan fingerprint density at radius 1 is 1.18 bits per heavy atom. The van der Waals surface area contributed by atoms with Crippen molar-refractivity contribution < 1.29 is 14.3 Å². The highest BCUT2D eigenvalue weighted by atomic mass is 16.5. The Morgan fingerprint density at radius 2 is 2.00 bits per heavy atom. The first-order chi connectivity index (χ1) is 13.7. The van der Waals surface area contributed by atoms with E-state index in [2.05, 4.69) is 20.9 Å². The van der Waals surface area contributed by atoms with Crippen LogP contribution in [0.2, 0.25) is 0 Å². The van der Waals surface area contributed by atoms with Crippen LogP contribution in [0.1, 0.15) is 24.8 Å². The second kappa shape index (κ2) is 13.0. The molecule has 1 heterocycles. The Balaban J connectivity index is 1.69. The number of anilines is 1. The molecule has 0 radical (unpaired) electrons. The number of amides is 2. The van der Waals surface area contributed by atoms with Crippen LogP contribution in [0.5, 0.6) is 0 Å². The average molecular weight is 392 g/mol. The van der Waals surface area contributed by atoms with Gasteiger partial charge in [-0.25, -0.2) is 4.79 Å². The number of benzene rings is 1.